The molecular formula is C22H32N2O4. The van der Waals surface area contributed by atoms with Crippen LogP contribution in [0.5, 0.6) is 5.75 Å². The predicted octanol–water partition coefficient (Wildman–Crippen LogP) is 2.77. The van der Waals surface area contributed by atoms with Crippen LogP contribution in [0.4, 0.5) is 0 Å². The summed E-state index contributed by atoms with van der Waals surface area (Å²) in [7, 11) is 1.60. The lowest BCUT2D eigenvalue weighted by atomic mass is 10.0. The molecule has 1 saturated heterocycles. The van der Waals surface area contributed by atoms with Crippen LogP contribution in [0.3, 0.4) is 0 Å². The first-order valence-corrected chi connectivity index (χ1v) is 10.4. The van der Waals surface area contributed by atoms with Gasteiger partial charge in [0.2, 0.25) is 11.8 Å². The Kier molecular flexibility index (Phi) is 7.71. The molecule has 0 aromatic heterocycles. The van der Waals surface area contributed by atoms with Crippen molar-refractivity contribution in [3.8, 4) is 5.75 Å². The van der Waals surface area contributed by atoms with Crippen molar-refractivity contribution in [3.63, 3.8) is 0 Å². The van der Waals surface area contributed by atoms with Crippen molar-refractivity contribution in [1.82, 2.24) is 10.2 Å². The second-order valence-corrected chi connectivity index (χ2v) is 7.82. The maximum atomic E-state index is 12.9. The number of rotatable bonds is 9. The number of hydrogen-bond donors (Lipinski definition) is 1. The molecule has 1 heterocycles. The molecule has 3 rings (SSSR count). The monoisotopic (exact) mass is 388 g/mol. The second kappa shape index (κ2) is 10.5. The highest BCUT2D eigenvalue weighted by Gasteiger charge is 2.40. The summed E-state index contributed by atoms with van der Waals surface area (Å²) >= 11 is 0. The van der Waals surface area contributed by atoms with E-state index in [1.807, 2.05) is 30.3 Å². The fourth-order valence-electron chi connectivity index (χ4n) is 4.26. The molecule has 6 nitrogen and oxygen atoms in total. The highest BCUT2D eigenvalue weighted by molar-refractivity contribution is 5.88. The summed E-state index contributed by atoms with van der Waals surface area (Å²) < 4.78 is 11.0. The standard InChI is InChI=1S/C22H32N2O4/c1-27-14-13-23-22(26)20-15-19(28-18-9-3-2-4-10-18)16-24(20)21(25)12-11-17-7-5-6-8-17/h2-4,9-10,17,19-20H,5-8,11-16H2,1H3,(H,23,26). The first-order chi connectivity index (χ1) is 13.7. The number of likely N-dealkylation sites (tertiary alicyclic amines) is 1. The van der Waals surface area contributed by atoms with E-state index in [0.717, 1.165) is 12.2 Å². The molecule has 6 heteroatoms. The van der Waals surface area contributed by atoms with Crippen molar-refractivity contribution in [2.45, 2.75) is 57.1 Å². The minimum Gasteiger partial charge on any atom is -0.488 e. The van der Waals surface area contributed by atoms with E-state index in [4.69, 9.17) is 9.47 Å². The highest BCUT2D eigenvalue weighted by atomic mass is 16.5. The molecule has 2 aliphatic rings. The summed E-state index contributed by atoms with van der Waals surface area (Å²) in [5.74, 6) is 1.38. The Labute approximate surface area is 167 Å². The Balaban J connectivity index is 1.60. The van der Waals surface area contributed by atoms with E-state index in [0.29, 0.717) is 38.5 Å². The largest absolute Gasteiger partial charge is 0.488 e. The third kappa shape index (κ3) is 5.71. The molecule has 0 spiro atoms. The topological polar surface area (TPSA) is 67.9 Å². The van der Waals surface area contributed by atoms with Crippen LogP contribution in [0.2, 0.25) is 0 Å². The van der Waals surface area contributed by atoms with E-state index < -0.39 is 6.04 Å². The Morgan fingerprint density at radius 1 is 1.18 bits per heavy atom. The lowest BCUT2D eigenvalue weighted by Crippen LogP contribution is -2.46. The molecule has 154 valence electrons. The summed E-state index contributed by atoms with van der Waals surface area (Å²) in [6, 6.07) is 9.11. The first kappa shape index (κ1) is 20.6. The molecule has 2 atom stereocenters. The number of hydrogen-bond acceptors (Lipinski definition) is 4. The van der Waals surface area contributed by atoms with Crippen LogP contribution in [-0.4, -0.2) is 55.7 Å². The third-order valence-corrected chi connectivity index (χ3v) is 5.78. The summed E-state index contributed by atoms with van der Waals surface area (Å²) in [5.41, 5.74) is 0. The number of carbonyl (C=O) groups excluding carboxylic acids is 2. The van der Waals surface area contributed by atoms with E-state index in [2.05, 4.69) is 5.32 Å². The fraction of sp³-hybridized carbons (Fsp3) is 0.636. The van der Waals surface area contributed by atoms with Crippen LogP contribution in [0.15, 0.2) is 30.3 Å². The number of nitrogens with one attached hydrogen (secondary N) is 1. The number of carbonyl (C=O) groups is 2. The zero-order valence-electron chi connectivity index (χ0n) is 16.8. The third-order valence-electron chi connectivity index (χ3n) is 5.78. The number of ether oxygens (including phenoxy) is 2. The molecule has 2 amide bonds. The Bertz CT molecular complexity index is 631. The molecule has 1 aromatic rings. The van der Waals surface area contributed by atoms with Gasteiger partial charge >= 0.3 is 0 Å². The number of para-hydroxylation sites is 1. The van der Waals surface area contributed by atoms with Crippen LogP contribution < -0.4 is 10.1 Å². The van der Waals surface area contributed by atoms with E-state index >= 15 is 0 Å². The van der Waals surface area contributed by atoms with Gasteiger partial charge in [0.1, 0.15) is 17.9 Å². The first-order valence-electron chi connectivity index (χ1n) is 10.4. The predicted molar refractivity (Wildman–Crippen MR) is 107 cm³/mol. The molecule has 0 radical (unpaired) electrons. The molecular weight excluding hydrogens is 356 g/mol. The molecule has 1 aliphatic heterocycles. The number of methoxy groups -OCH3 is 1. The van der Waals surface area contributed by atoms with Crippen LogP contribution in [-0.2, 0) is 14.3 Å². The van der Waals surface area contributed by atoms with Crippen molar-refractivity contribution in [2.24, 2.45) is 5.92 Å². The van der Waals surface area contributed by atoms with Gasteiger partial charge in [-0.3, -0.25) is 9.59 Å². The van der Waals surface area contributed by atoms with Gasteiger partial charge in [-0.2, -0.15) is 0 Å². The maximum Gasteiger partial charge on any atom is 0.243 e. The van der Waals surface area contributed by atoms with Crippen molar-refractivity contribution in [3.05, 3.63) is 30.3 Å². The van der Waals surface area contributed by atoms with Crippen molar-refractivity contribution < 1.29 is 19.1 Å². The van der Waals surface area contributed by atoms with Gasteiger partial charge in [-0.25, -0.2) is 0 Å². The normalized spacial score (nSPS) is 22.4. The van der Waals surface area contributed by atoms with Crippen LogP contribution >= 0.6 is 0 Å². The zero-order valence-corrected chi connectivity index (χ0v) is 16.8. The quantitative estimate of drug-likeness (QED) is 0.661. The summed E-state index contributed by atoms with van der Waals surface area (Å²) in [5, 5.41) is 2.88. The van der Waals surface area contributed by atoms with Gasteiger partial charge in [-0.15, -0.1) is 0 Å². The zero-order chi connectivity index (χ0) is 19.8. The fourth-order valence-corrected chi connectivity index (χ4v) is 4.26. The van der Waals surface area contributed by atoms with Crippen LogP contribution in [0.1, 0.15) is 44.9 Å². The molecule has 1 aliphatic carbocycles. The van der Waals surface area contributed by atoms with Gasteiger partial charge < -0.3 is 19.7 Å². The molecule has 1 N–H and O–H groups in total. The Hall–Kier alpha value is -2.08. The number of nitrogens with zero attached hydrogens (tertiary/aromatic N) is 1. The summed E-state index contributed by atoms with van der Waals surface area (Å²) in [4.78, 5) is 27.3. The molecule has 2 fully saturated rings. The molecule has 2 unspecified atom stereocenters. The highest BCUT2D eigenvalue weighted by Crippen LogP contribution is 2.30. The Morgan fingerprint density at radius 2 is 1.93 bits per heavy atom. The number of benzene rings is 1. The van der Waals surface area contributed by atoms with Gasteiger partial charge in [0.25, 0.3) is 0 Å². The van der Waals surface area contributed by atoms with Gasteiger partial charge in [0.05, 0.1) is 13.2 Å². The summed E-state index contributed by atoms with van der Waals surface area (Å²) in [6.45, 7) is 1.36. The minimum absolute atomic E-state index is 0.0675. The maximum absolute atomic E-state index is 12.9. The SMILES string of the molecule is COCCNC(=O)C1CC(Oc2ccccc2)CN1C(=O)CCC1CCCC1. The van der Waals surface area contributed by atoms with E-state index in [1.54, 1.807) is 12.0 Å². The second-order valence-electron chi connectivity index (χ2n) is 7.82. The molecule has 1 saturated carbocycles. The van der Waals surface area contributed by atoms with Crippen LogP contribution in [0.25, 0.3) is 0 Å². The average molecular weight is 389 g/mol. The molecule has 28 heavy (non-hydrogen) atoms. The van der Waals surface area contributed by atoms with Crippen molar-refractivity contribution >= 4 is 11.8 Å². The van der Waals surface area contributed by atoms with Gasteiger partial charge in [-0.1, -0.05) is 43.9 Å². The van der Waals surface area contributed by atoms with Gasteiger partial charge in [0, 0.05) is 26.5 Å². The Morgan fingerprint density at radius 3 is 2.64 bits per heavy atom. The van der Waals surface area contributed by atoms with Gasteiger partial charge in [0.15, 0.2) is 0 Å². The number of amides is 2. The van der Waals surface area contributed by atoms with Gasteiger partial charge in [-0.05, 0) is 24.5 Å². The van der Waals surface area contributed by atoms with Crippen molar-refractivity contribution in [1.29, 1.82) is 0 Å². The summed E-state index contributed by atoms with van der Waals surface area (Å²) in [6.07, 6.45) is 6.81. The lowest BCUT2D eigenvalue weighted by Gasteiger charge is -2.24. The van der Waals surface area contributed by atoms with Crippen molar-refractivity contribution in [2.75, 3.05) is 26.8 Å². The molecule has 0 bridgehead atoms. The van der Waals surface area contributed by atoms with E-state index in [-0.39, 0.29) is 17.9 Å². The minimum atomic E-state index is -0.471. The van der Waals surface area contributed by atoms with E-state index in [1.165, 1.54) is 25.7 Å². The molecule has 1 aromatic carbocycles. The smallest absolute Gasteiger partial charge is 0.243 e. The lowest BCUT2D eigenvalue weighted by molar-refractivity contribution is -0.138. The average Bonchev–Trinajstić information content (AvgIpc) is 3.37. The van der Waals surface area contributed by atoms with Crippen LogP contribution in [0, 0.1) is 5.92 Å². The van der Waals surface area contributed by atoms with E-state index in [9.17, 15) is 9.59 Å².